The Kier molecular flexibility index (Phi) is 3.83. The van der Waals surface area contributed by atoms with E-state index in [0.29, 0.717) is 19.3 Å². The number of carbonyl (C=O) groups is 1. The first-order chi connectivity index (χ1) is 7.32. The number of hydrogen-bond acceptors (Lipinski definition) is 2. The van der Waals surface area contributed by atoms with Crippen LogP contribution in [0.3, 0.4) is 0 Å². The Morgan fingerprint density at radius 3 is 2.56 bits per heavy atom. The molecule has 0 radical (unpaired) electrons. The van der Waals surface area contributed by atoms with Gasteiger partial charge in [-0.3, -0.25) is 9.69 Å². The van der Waals surface area contributed by atoms with Gasteiger partial charge in [-0.1, -0.05) is 13.3 Å². The van der Waals surface area contributed by atoms with Crippen LogP contribution in [-0.4, -0.2) is 40.8 Å². The molecule has 1 heterocycles. The van der Waals surface area contributed by atoms with Gasteiger partial charge in [-0.05, 0) is 25.8 Å². The Balaban J connectivity index is 2.85. The number of hydrogen-bond donors (Lipinski definition) is 1. The molecule has 6 heteroatoms. The maximum Gasteiger partial charge on any atom is 0.401 e. The fraction of sp³-hybridized carbons (Fsp3) is 0.900. The van der Waals surface area contributed by atoms with Crippen molar-refractivity contribution in [2.75, 3.05) is 13.1 Å². The van der Waals surface area contributed by atoms with E-state index in [2.05, 4.69) is 0 Å². The highest BCUT2D eigenvalue weighted by molar-refractivity contribution is 5.79. The molecule has 0 aliphatic carbocycles. The fourth-order valence-corrected chi connectivity index (χ4v) is 2.43. The molecule has 0 spiro atoms. The molecule has 0 aromatic carbocycles. The second kappa shape index (κ2) is 4.61. The van der Waals surface area contributed by atoms with E-state index in [1.165, 1.54) is 0 Å². The Bertz CT molecular complexity index is 267. The average molecular weight is 239 g/mol. The summed E-state index contributed by atoms with van der Waals surface area (Å²) in [6, 6.07) is 0. The van der Waals surface area contributed by atoms with Gasteiger partial charge in [-0.15, -0.1) is 0 Å². The minimum atomic E-state index is -4.33. The van der Waals surface area contributed by atoms with Crippen LogP contribution in [0.25, 0.3) is 0 Å². The van der Waals surface area contributed by atoms with Gasteiger partial charge in [0.2, 0.25) is 0 Å². The van der Waals surface area contributed by atoms with Crippen molar-refractivity contribution < 1.29 is 23.1 Å². The van der Waals surface area contributed by atoms with E-state index < -0.39 is 24.2 Å². The lowest BCUT2D eigenvalue weighted by atomic mass is 9.90. The van der Waals surface area contributed by atoms with E-state index in [4.69, 9.17) is 5.11 Å². The highest BCUT2D eigenvalue weighted by Crippen LogP contribution is 2.36. The molecular formula is C10H16F3NO2. The zero-order valence-electron chi connectivity index (χ0n) is 9.18. The minimum absolute atomic E-state index is 0.214. The molecule has 0 saturated carbocycles. The normalized spacial score (nSPS) is 27.2. The molecule has 1 aliphatic rings. The van der Waals surface area contributed by atoms with Crippen molar-refractivity contribution in [3.63, 3.8) is 0 Å². The lowest BCUT2D eigenvalue weighted by Gasteiger charge is -2.34. The molecule has 3 nitrogen and oxygen atoms in total. The molecule has 1 fully saturated rings. The standard InChI is InChI=1S/C10H16F3NO2/c1-2-4-9(8(15)16)5-3-6-14(9)7-10(11,12)13/h2-7H2,1H3,(H,15,16). The van der Waals surface area contributed by atoms with Crippen molar-refractivity contribution in [1.82, 2.24) is 4.90 Å². The second-order valence-corrected chi connectivity index (χ2v) is 4.23. The molecule has 1 aliphatic heterocycles. The van der Waals surface area contributed by atoms with Gasteiger partial charge in [0.25, 0.3) is 0 Å². The highest BCUT2D eigenvalue weighted by atomic mass is 19.4. The summed E-state index contributed by atoms with van der Waals surface area (Å²) in [6.07, 6.45) is -2.66. The average Bonchev–Trinajstić information content (AvgIpc) is 2.47. The molecule has 1 rings (SSSR count). The third-order valence-electron chi connectivity index (χ3n) is 3.06. The van der Waals surface area contributed by atoms with Crippen LogP contribution in [0.4, 0.5) is 13.2 Å². The Morgan fingerprint density at radius 1 is 1.50 bits per heavy atom. The molecule has 1 unspecified atom stereocenters. The summed E-state index contributed by atoms with van der Waals surface area (Å²) in [5.74, 6) is -1.13. The molecule has 0 bridgehead atoms. The number of rotatable bonds is 4. The Labute approximate surface area is 92.2 Å². The van der Waals surface area contributed by atoms with Crippen LogP contribution in [0.1, 0.15) is 32.6 Å². The number of nitrogens with zero attached hydrogens (tertiary/aromatic N) is 1. The number of alkyl halides is 3. The van der Waals surface area contributed by atoms with E-state index in [9.17, 15) is 18.0 Å². The topological polar surface area (TPSA) is 40.5 Å². The monoisotopic (exact) mass is 239 g/mol. The molecule has 0 amide bonds. The minimum Gasteiger partial charge on any atom is -0.480 e. The lowest BCUT2D eigenvalue weighted by Crippen LogP contribution is -2.53. The van der Waals surface area contributed by atoms with Gasteiger partial charge in [-0.25, -0.2) is 0 Å². The van der Waals surface area contributed by atoms with Gasteiger partial charge < -0.3 is 5.11 Å². The van der Waals surface area contributed by atoms with E-state index in [1.807, 2.05) is 0 Å². The third kappa shape index (κ3) is 2.66. The number of carboxylic acid groups (broad SMARTS) is 1. The number of halogens is 3. The maximum absolute atomic E-state index is 12.3. The smallest absolute Gasteiger partial charge is 0.401 e. The molecule has 0 aromatic heterocycles. The fourth-order valence-electron chi connectivity index (χ4n) is 2.43. The van der Waals surface area contributed by atoms with Crippen LogP contribution in [0.15, 0.2) is 0 Å². The van der Waals surface area contributed by atoms with Crippen LogP contribution in [0.5, 0.6) is 0 Å². The number of likely N-dealkylation sites (tertiary alicyclic amines) is 1. The summed E-state index contributed by atoms with van der Waals surface area (Å²) in [7, 11) is 0. The first-order valence-electron chi connectivity index (χ1n) is 5.37. The van der Waals surface area contributed by atoms with Crippen molar-refractivity contribution in [3.8, 4) is 0 Å². The first-order valence-corrected chi connectivity index (χ1v) is 5.37. The summed E-state index contributed by atoms with van der Waals surface area (Å²) in [6.45, 7) is 0.875. The zero-order chi connectivity index (χ0) is 12.4. The SMILES string of the molecule is CCCC1(C(=O)O)CCCN1CC(F)(F)F. The van der Waals surface area contributed by atoms with Gasteiger partial charge in [0.15, 0.2) is 0 Å². The maximum atomic E-state index is 12.3. The van der Waals surface area contributed by atoms with Crippen LogP contribution in [0.2, 0.25) is 0 Å². The second-order valence-electron chi connectivity index (χ2n) is 4.23. The summed E-state index contributed by atoms with van der Waals surface area (Å²) in [4.78, 5) is 12.3. The Morgan fingerprint density at radius 2 is 2.12 bits per heavy atom. The van der Waals surface area contributed by atoms with Crippen molar-refractivity contribution in [2.45, 2.75) is 44.3 Å². The van der Waals surface area contributed by atoms with E-state index in [0.717, 1.165) is 4.90 Å². The van der Waals surface area contributed by atoms with Crippen molar-refractivity contribution >= 4 is 5.97 Å². The molecule has 1 N–H and O–H groups in total. The molecular weight excluding hydrogens is 223 g/mol. The summed E-state index contributed by atoms with van der Waals surface area (Å²) in [5.41, 5.74) is -1.30. The highest BCUT2D eigenvalue weighted by Gasteiger charge is 2.50. The van der Waals surface area contributed by atoms with Gasteiger partial charge in [0.1, 0.15) is 5.54 Å². The predicted octanol–water partition coefficient (Wildman–Crippen LogP) is 2.27. The lowest BCUT2D eigenvalue weighted by molar-refractivity contribution is -0.169. The largest absolute Gasteiger partial charge is 0.480 e. The summed E-state index contributed by atoms with van der Waals surface area (Å²) < 4.78 is 37.0. The van der Waals surface area contributed by atoms with E-state index in [1.54, 1.807) is 6.92 Å². The van der Waals surface area contributed by atoms with Crippen molar-refractivity contribution in [3.05, 3.63) is 0 Å². The summed E-state index contributed by atoms with van der Waals surface area (Å²) in [5, 5.41) is 9.15. The summed E-state index contributed by atoms with van der Waals surface area (Å²) >= 11 is 0. The van der Waals surface area contributed by atoms with Crippen LogP contribution in [-0.2, 0) is 4.79 Å². The molecule has 1 saturated heterocycles. The van der Waals surface area contributed by atoms with Gasteiger partial charge in [0.05, 0.1) is 6.54 Å². The van der Waals surface area contributed by atoms with Crippen LogP contribution >= 0.6 is 0 Å². The molecule has 94 valence electrons. The van der Waals surface area contributed by atoms with Crippen LogP contribution in [0, 0.1) is 0 Å². The number of carboxylic acids is 1. The van der Waals surface area contributed by atoms with Gasteiger partial charge in [-0.2, -0.15) is 13.2 Å². The Hall–Kier alpha value is -0.780. The molecule has 0 aromatic rings. The van der Waals surface area contributed by atoms with Crippen LogP contribution < -0.4 is 0 Å². The number of aliphatic carboxylic acids is 1. The quantitative estimate of drug-likeness (QED) is 0.818. The van der Waals surface area contributed by atoms with E-state index >= 15 is 0 Å². The molecule has 1 atom stereocenters. The van der Waals surface area contributed by atoms with Crippen molar-refractivity contribution in [1.29, 1.82) is 0 Å². The third-order valence-corrected chi connectivity index (χ3v) is 3.06. The zero-order valence-corrected chi connectivity index (χ0v) is 9.18. The first kappa shape index (κ1) is 13.3. The van der Waals surface area contributed by atoms with Crippen molar-refractivity contribution in [2.24, 2.45) is 0 Å². The molecule has 16 heavy (non-hydrogen) atoms. The van der Waals surface area contributed by atoms with E-state index in [-0.39, 0.29) is 13.0 Å². The van der Waals surface area contributed by atoms with Gasteiger partial charge >= 0.3 is 12.1 Å². The predicted molar refractivity (Wildman–Crippen MR) is 52.1 cm³/mol. The van der Waals surface area contributed by atoms with Gasteiger partial charge in [0, 0.05) is 0 Å².